The van der Waals surface area contributed by atoms with Crippen LogP contribution in [-0.4, -0.2) is 20.9 Å². The number of rotatable bonds is 5. The van der Waals surface area contributed by atoms with Gasteiger partial charge >= 0.3 is 0 Å². The summed E-state index contributed by atoms with van der Waals surface area (Å²) in [4.78, 5) is 24.6. The number of anilines is 5. The smallest absolute Gasteiger partial charge is 0.230 e. The van der Waals surface area contributed by atoms with Crippen LogP contribution in [0.5, 0.6) is 0 Å². The second-order valence-corrected chi connectivity index (χ2v) is 6.61. The van der Waals surface area contributed by atoms with Crippen LogP contribution in [0.1, 0.15) is 12.6 Å². The quantitative estimate of drug-likeness (QED) is 0.459. The molecule has 4 rings (SSSR count). The molecule has 0 unspecified atom stereocenters. The topological polar surface area (TPSA) is 91.8 Å². The summed E-state index contributed by atoms with van der Waals surface area (Å²) in [6.45, 7) is 3.39. The number of hydrogen-bond acceptors (Lipinski definition) is 6. The Hall–Kier alpha value is -4.00. The minimum atomic E-state index is -0.102. The van der Waals surface area contributed by atoms with E-state index < -0.39 is 0 Å². The molecule has 0 atom stereocenters. The first-order valence-electron chi connectivity index (χ1n) is 9.18. The molecular formula is C22H20N6O. The lowest BCUT2D eigenvalue weighted by Gasteiger charge is -2.11. The number of nitrogens with zero attached hydrogens (tertiary/aromatic N) is 3. The number of aromatic nitrogens is 3. The van der Waals surface area contributed by atoms with Crippen LogP contribution in [0.4, 0.5) is 29.0 Å². The third kappa shape index (κ3) is 4.47. The highest BCUT2D eigenvalue weighted by Gasteiger charge is 2.07. The zero-order valence-electron chi connectivity index (χ0n) is 16.1. The summed E-state index contributed by atoms with van der Waals surface area (Å²) < 4.78 is 0. The minimum Gasteiger partial charge on any atom is -0.340 e. The third-order valence-corrected chi connectivity index (χ3v) is 4.24. The van der Waals surface area contributed by atoms with Gasteiger partial charge in [0.1, 0.15) is 11.6 Å². The molecule has 7 heteroatoms. The van der Waals surface area contributed by atoms with Gasteiger partial charge in [-0.25, -0.2) is 9.97 Å². The van der Waals surface area contributed by atoms with Gasteiger partial charge in [0.2, 0.25) is 11.9 Å². The molecule has 0 bridgehead atoms. The fourth-order valence-corrected chi connectivity index (χ4v) is 3.00. The Kier molecular flexibility index (Phi) is 5.03. The third-order valence-electron chi connectivity index (χ3n) is 4.24. The Morgan fingerprint density at radius 3 is 2.45 bits per heavy atom. The van der Waals surface area contributed by atoms with Crippen LogP contribution in [0.3, 0.4) is 0 Å². The summed E-state index contributed by atoms with van der Waals surface area (Å²) in [5, 5.41) is 11.3. The highest BCUT2D eigenvalue weighted by molar-refractivity contribution is 5.92. The van der Waals surface area contributed by atoms with E-state index in [1.807, 2.05) is 67.6 Å². The molecule has 3 N–H and O–H groups in total. The van der Waals surface area contributed by atoms with E-state index in [9.17, 15) is 4.79 Å². The van der Waals surface area contributed by atoms with E-state index in [0.29, 0.717) is 17.6 Å². The maximum atomic E-state index is 11.1. The van der Waals surface area contributed by atoms with Crippen LogP contribution in [0.15, 0.2) is 66.9 Å². The predicted octanol–water partition coefficient (Wildman–Crippen LogP) is 4.78. The molecule has 0 aliphatic rings. The molecule has 0 radical (unpaired) electrons. The van der Waals surface area contributed by atoms with Gasteiger partial charge in [-0.1, -0.05) is 24.3 Å². The normalized spacial score (nSPS) is 10.6. The maximum absolute atomic E-state index is 11.1. The number of carbonyl (C=O) groups excluding carboxylic acids is 1. The summed E-state index contributed by atoms with van der Waals surface area (Å²) in [5.74, 6) is 1.73. The van der Waals surface area contributed by atoms with Crippen LogP contribution < -0.4 is 16.0 Å². The number of nitrogens with one attached hydrogen (secondary N) is 3. The van der Waals surface area contributed by atoms with Crippen molar-refractivity contribution in [2.24, 2.45) is 0 Å². The van der Waals surface area contributed by atoms with Crippen molar-refractivity contribution in [3.63, 3.8) is 0 Å². The van der Waals surface area contributed by atoms with Crippen molar-refractivity contribution in [2.75, 3.05) is 16.0 Å². The molecule has 0 aliphatic heterocycles. The Bertz CT molecular complexity index is 1170. The molecular weight excluding hydrogens is 364 g/mol. The molecule has 7 nitrogen and oxygen atoms in total. The molecule has 0 saturated heterocycles. The Morgan fingerprint density at radius 2 is 1.66 bits per heavy atom. The predicted molar refractivity (Wildman–Crippen MR) is 116 cm³/mol. The van der Waals surface area contributed by atoms with E-state index in [1.165, 1.54) is 6.92 Å². The number of aryl methyl sites for hydroxylation is 1. The molecule has 0 aliphatic carbocycles. The molecule has 2 aromatic carbocycles. The molecule has 2 aromatic heterocycles. The van der Waals surface area contributed by atoms with Gasteiger partial charge < -0.3 is 16.0 Å². The van der Waals surface area contributed by atoms with Crippen molar-refractivity contribution < 1.29 is 4.79 Å². The van der Waals surface area contributed by atoms with Gasteiger partial charge in [-0.3, -0.25) is 4.79 Å². The summed E-state index contributed by atoms with van der Waals surface area (Å²) in [6.07, 6.45) is 1.76. The van der Waals surface area contributed by atoms with Crippen LogP contribution in [0.25, 0.3) is 10.8 Å². The van der Waals surface area contributed by atoms with Gasteiger partial charge in [0, 0.05) is 41.6 Å². The lowest BCUT2D eigenvalue weighted by Crippen LogP contribution is -2.06. The molecule has 2 heterocycles. The average molecular weight is 384 g/mol. The SMILES string of the molecule is CC(=O)Nc1ccc(Nc2cc(C)nc(Nc3nccc4ccccc34)n2)cc1. The van der Waals surface area contributed by atoms with Gasteiger partial charge in [-0.2, -0.15) is 4.98 Å². The molecule has 0 spiro atoms. The van der Waals surface area contributed by atoms with E-state index in [2.05, 4.69) is 30.9 Å². The fourth-order valence-electron chi connectivity index (χ4n) is 3.00. The van der Waals surface area contributed by atoms with Crippen LogP contribution in [0, 0.1) is 6.92 Å². The van der Waals surface area contributed by atoms with Gasteiger partial charge in [-0.05, 0) is 42.6 Å². The van der Waals surface area contributed by atoms with E-state index in [-0.39, 0.29) is 5.91 Å². The maximum Gasteiger partial charge on any atom is 0.230 e. The van der Waals surface area contributed by atoms with Crippen LogP contribution in [-0.2, 0) is 4.79 Å². The molecule has 0 fully saturated rings. The first kappa shape index (κ1) is 18.4. The Morgan fingerprint density at radius 1 is 0.897 bits per heavy atom. The molecule has 144 valence electrons. The van der Waals surface area contributed by atoms with E-state index in [0.717, 1.165) is 27.8 Å². The number of amides is 1. The summed E-state index contributed by atoms with van der Waals surface area (Å²) in [7, 11) is 0. The Labute approximate surface area is 168 Å². The lowest BCUT2D eigenvalue weighted by molar-refractivity contribution is -0.114. The fraction of sp³-hybridized carbons (Fsp3) is 0.0909. The second-order valence-electron chi connectivity index (χ2n) is 6.61. The number of benzene rings is 2. The Balaban J connectivity index is 1.57. The van der Waals surface area contributed by atoms with Crippen LogP contribution >= 0.6 is 0 Å². The molecule has 1 amide bonds. The van der Waals surface area contributed by atoms with E-state index in [1.54, 1.807) is 6.20 Å². The van der Waals surface area contributed by atoms with E-state index >= 15 is 0 Å². The van der Waals surface area contributed by atoms with Crippen LogP contribution in [0.2, 0.25) is 0 Å². The second kappa shape index (κ2) is 7.93. The number of pyridine rings is 1. The average Bonchev–Trinajstić information content (AvgIpc) is 2.69. The monoisotopic (exact) mass is 384 g/mol. The van der Waals surface area contributed by atoms with Gasteiger partial charge in [0.05, 0.1) is 0 Å². The highest BCUT2D eigenvalue weighted by Crippen LogP contribution is 2.24. The molecule has 29 heavy (non-hydrogen) atoms. The lowest BCUT2D eigenvalue weighted by atomic mass is 10.1. The van der Waals surface area contributed by atoms with Crippen molar-refractivity contribution in [3.05, 3.63) is 72.6 Å². The first-order chi connectivity index (χ1) is 14.1. The summed E-state index contributed by atoms with van der Waals surface area (Å²) in [6, 6.07) is 19.3. The number of hydrogen-bond donors (Lipinski definition) is 3. The van der Waals surface area contributed by atoms with Gasteiger partial charge in [-0.15, -0.1) is 0 Å². The molecule has 4 aromatic rings. The van der Waals surface area contributed by atoms with Crippen molar-refractivity contribution in [1.82, 2.24) is 15.0 Å². The largest absolute Gasteiger partial charge is 0.340 e. The van der Waals surface area contributed by atoms with E-state index in [4.69, 9.17) is 0 Å². The highest BCUT2D eigenvalue weighted by atomic mass is 16.1. The minimum absolute atomic E-state index is 0.102. The van der Waals surface area contributed by atoms with Crippen molar-refractivity contribution in [1.29, 1.82) is 0 Å². The van der Waals surface area contributed by atoms with Gasteiger partial charge in [0.25, 0.3) is 0 Å². The number of carbonyl (C=O) groups is 1. The van der Waals surface area contributed by atoms with Crippen molar-refractivity contribution >= 4 is 45.6 Å². The zero-order valence-corrected chi connectivity index (χ0v) is 16.1. The first-order valence-corrected chi connectivity index (χ1v) is 9.18. The van der Waals surface area contributed by atoms with Crippen molar-refractivity contribution in [3.8, 4) is 0 Å². The van der Waals surface area contributed by atoms with Crippen molar-refractivity contribution in [2.45, 2.75) is 13.8 Å². The molecule has 0 saturated carbocycles. The zero-order chi connectivity index (χ0) is 20.2. The summed E-state index contributed by atoms with van der Waals surface area (Å²) >= 11 is 0. The number of fused-ring (bicyclic) bond motifs is 1. The summed E-state index contributed by atoms with van der Waals surface area (Å²) in [5.41, 5.74) is 2.41. The standard InChI is InChI=1S/C22H20N6O/c1-14-13-20(26-18-9-7-17(8-10-18)25-15(2)29)27-22(24-14)28-21-19-6-4-3-5-16(19)11-12-23-21/h3-13H,1-2H3,(H,25,29)(H2,23,24,26,27,28). The van der Waals surface area contributed by atoms with Gasteiger partial charge in [0.15, 0.2) is 0 Å².